The fourth-order valence-electron chi connectivity index (χ4n) is 2.75. The number of carbonyl (C=O) groups is 1. The zero-order chi connectivity index (χ0) is 16.2. The van der Waals surface area contributed by atoms with Crippen molar-refractivity contribution in [2.75, 3.05) is 18.0 Å². The zero-order valence-corrected chi connectivity index (χ0v) is 13.4. The summed E-state index contributed by atoms with van der Waals surface area (Å²) < 4.78 is 13.7. The first-order valence-corrected chi connectivity index (χ1v) is 8.08. The average Bonchev–Trinajstić information content (AvgIpc) is 3.07. The first-order valence-electron chi connectivity index (χ1n) is 7.70. The summed E-state index contributed by atoms with van der Waals surface area (Å²) in [5, 5.41) is 3.00. The quantitative estimate of drug-likeness (QED) is 0.917. The zero-order valence-electron chi connectivity index (χ0n) is 12.7. The Morgan fingerprint density at radius 1 is 1.13 bits per heavy atom. The van der Waals surface area contributed by atoms with Crippen molar-refractivity contribution in [3.63, 3.8) is 0 Å². The van der Waals surface area contributed by atoms with Gasteiger partial charge < -0.3 is 10.2 Å². The van der Waals surface area contributed by atoms with Gasteiger partial charge in [0, 0.05) is 30.3 Å². The SMILES string of the molecule is O=C(NCc1ccc(N2CCCC2)cc1)c1ccc(Cl)cc1F. The van der Waals surface area contributed by atoms with Gasteiger partial charge in [-0.25, -0.2) is 4.39 Å². The molecule has 23 heavy (non-hydrogen) atoms. The average molecular weight is 333 g/mol. The van der Waals surface area contributed by atoms with Crippen molar-refractivity contribution in [3.8, 4) is 0 Å². The third-order valence-electron chi connectivity index (χ3n) is 4.04. The van der Waals surface area contributed by atoms with Crippen LogP contribution < -0.4 is 10.2 Å². The Labute approximate surface area is 140 Å². The topological polar surface area (TPSA) is 32.3 Å². The lowest BCUT2D eigenvalue weighted by Crippen LogP contribution is -2.24. The fourth-order valence-corrected chi connectivity index (χ4v) is 2.91. The first kappa shape index (κ1) is 15.8. The maximum Gasteiger partial charge on any atom is 0.254 e. The molecule has 1 N–H and O–H groups in total. The van der Waals surface area contributed by atoms with E-state index < -0.39 is 11.7 Å². The lowest BCUT2D eigenvalue weighted by Gasteiger charge is -2.17. The van der Waals surface area contributed by atoms with Gasteiger partial charge in [0.2, 0.25) is 0 Å². The summed E-state index contributed by atoms with van der Waals surface area (Å²) in [6.07, 6.45) is 2.48. The second-order valence-corrected chi connectivity index (χ2v) is 6.10. The largest absolute Gasteiger partial charge is 0.372 e. The minimum atomic E-state index is -0.612. The van der Waals surface area contributed by atoms with Crippen LogP contribution in [0.4, 0.5) is 10.1 Å². The van der Waals surface area contributed by atoms with Crippen LogP contribution in [0, 0.1) is 5.82 Å². The van der Waals surface area contributed by atoms with E-state index in [1.54, 1.807) is 0 Å². The van der Waals surface area contributed by atoms with Gasteiger partial charge in [-0.15, -0.1) is 0 Å². The summed E-state index contributed by atoms with van der Waals surface area (Å²) in [7, 11) is 0. The number of hydrogen-bond donors (Lipinski definition) is 1. The highest BCUT2D eigenvalue weighted by atomic mass is 35.5. The van der Waals surface area contributed by atoms with Crippen molar-refractivity contribution in [1.82, 2.24) is 5.32 Å². The molecule has 3 nitrogen and oxygen atoms in total. The number of hydrogen-bond acceptors (Lipinski definition) is 2. The van der Waals surface area contributed by atoms with Crippen LogP contribution in [0.15, 0.2) is 42.5 Å². The summed E-state index contributed by atoms with van der Waals surface area (Å²) in [6, 6.07) is 12.2. The van der Waals surface area contributed by atoms with Gasteiger partial charge in [0.25, 0.3) is 5.91 Å². The van der Waals surface area contributed by atoms with Crippen LogP contribution in [-0.4, -0.2) is 19.0 Å². The molecule has 120 valence electrons. The predicted molar refractivity (Wildman–Crippen MR) is 90.5 cm³/mol. The highest BCUT2D eigenvalue weighted by Crippen LogP contribution is 2.20. The van der Waals surface area contributed by atoms with E-state index in [-0.39, 0.29) is 10.6 Å². The summed E-state index contributed by atoms with van der Waals surface area (Å²) in [5.41, 5.74) is 2.19. The highest BCUT2D eigenvalue weighted by molar-refractivity contribution is 6.30. The molecular weight excluding hydrogens is 315 g/mol. The van der Waals surface area contributed by atoms with Crippen LogP contribution in [-0.2, 0) is 6.54 Å². The molecule has 0 radical (unpaired) electrons. The van der Waals surface area contributed by atoms with E-state index in [9.17, 15) is 9.18 Å². The van der Waals surface area contributed by atoms with E-state index in [0.29, 0.717) is 6.54 Å². The molecule has 0 aliphatic carbocycles. The van der Waals surface area contributed by atoms with Gasteiger partial charge >= 0.3 is 0 Å². The number of carbonyl (C=O) groups excluding carboxylic acids is 1. The molecule has 1 saturated heterocycles. The minimum absolute atomic E-state index is 0.00286. The Morgan fingerprint density at radius 2 is 1.83 bits per heavy atom. The molecule has 0 aromatic heterocycles. The smallest absolute Gasteiger partial charge is 0.254 e. The van der Waals surface area contributed by atoms with Gasteiger partial charge in [-0.1, -0.05) is 23.7 Å². The van der Waals surface area contributed by atoms with E-state index in [1.807, 2.05) is 12.1 Å². The normalized spacial score (nSPS) is 14.1. The molecule has 3 rings (SSSR count). The molecule has 2 aromatic rings. The Morgan fingerprint density at radius 3 is 2.48 bits per heavy atom. The Balaban J connectivity index is 1.60. The summed E-state index contributed by atoms with van der Waals surface area (Å²) in [5.74, 6) is -1.05. The van der Waals surface area contributed by atoms with Gasteiger partial charge in [0.05, 0.1) is 5.56 Å². The molecule has 1 heterocycles. The van der Waals surface area contributed by atoms with E-state index >= 15 is 0 Å². The molecular formula is C18H18ClFN2O. The third-order valence-corrected chi connectivity index (χ3v) is 4.27. The molecule has 1 aliphatic heterocycles. The number of amides is 1. The molecule has 0 saturated carbocycles. The van der Waals surface area contributed by atoms with Gasteiger partial charge in [-0.05, 0) is 48.7 Å². The van der Waals surface area contributed by atoms with Crippen molar-refractivity contribution in [2.24, 2.45) is 0 Å². The summed E-state index contributed by atoms with van der Waals surface area (Å²) >= 11 is 5.69. The van der Waals surface area contributed by atoms with Crippen molar-refractivity contribution >= 4 is 23.2 Å². The number of anilines is 1. The van der Waals surface area contributed by atoms with Crippen LogP contribution in [0.3, 0.4) is 0 Å². The van der Waals surface area contributed by atoms with Crippen LogP contribution in [0.25, 0.3) is 0 Å². The van der Waals surface area contributed by atoms with Crippen LogP contribution in [0.5, 0.6) is 0 Å². The number of nitrogens with zero attached hydrogens (tertiary/aromatic N) is 1. The second kappa shape index (κ2) is 7.01. The first-order chi connectivity index (χ1) is 11.1. The lowest BCUT2D eigenvalue weighted by molar-refractivity contribution is 0.0947. The van der Waals surface area contributed by atoms with Gasteiger partial charge in [-0.2, -0.15) is 0 Å². The van der Waals surface area contributed by atoms with E-state index in [1.165, 1.54) is 30.7 Å². The molecule has 5 heteroatoms. The van der Waals surface area contributed by atoms with E-state index in [4.69, 9.17) is 11.6 Å². The van der Waals surface area contributed by atoms with Crippen LogP contribution in [0.2, 0.25) is 5.02 Å². The second-order valence-electron chi connectivity index (χ2n) is 5.67. The molecule has 0 unspecified atom stereocenters. The number of benzene rings is 2. The monoisotopic (exact) mass is 332 g/mol. The van der Waals surface area contributed by atoms with Crippen LogP contribution in [0.1, 0.15) is 28.8 Å². The molecule has 1 aliphatic rings. The fraction of sp³-hybridized carbons (Fsp3) is 0.278. The Hall–Kier alpha value is -2.07. The maximum absolute atomic E-state index is 13.7. The molecule has 0 atom stereocenters. The van der Waals surface area contributed by atoms with Gasteiger partial charge in [0.1, 0.15) is 5.82 Å². The maximum atomic E-state index is 13.7. The molecule has 1 amide bonds. The molecule has 0 bridgehead atoms. The Bertz CT molecular complexity index is 697. The summed E-state index contributed by atoms with van der Waals surface area (Å²) in [6.45, 7) is 2.57. The third kappa shape index (κ3) is 3.82. The predicted octanol–water partition coefficient (Wildman–Crippen LogP) is 4.01. The number of nitrogens with one attached hydrogen (secondary N) is 1. The summed E-state index contributed by atoms with van der Waals surface area (Å²) in [4.78, 5) is 14.4. The van der Waals surface area contributed by atoms with E-state index in [0.717, 1.165) is 24.7 Å². The molecule has 2 aromatic carbocycles. The van der Waals surface area contributed by atoms with Crippen LogP contribution >= 0.6 is 11.6 Å². The Kier molecular flexibility index (Phi) is 4.82. The van der Waals surface area contributed by atoms with E-state index in [2.05, 4.69) is 22.3 Å². The minimum Gasteiger partial charge on any atom is -0.372 e. The number of halogens is 2. The molecule has 1 fully saturated rings. The van der Waals surface area contributed by atoms with Crippen molar-refractivity contribution in [3.05, 3.63) is 64.4 Å². The van der Waals surface area contributed by atoms with Gasteiger partial charge in [0.15, 0.2) is 0 Å². The van der Waals surface area contributed by atoms with Gasteiger partial charge in [-0.3, -0.25) is 4.79 Å². The number of rotatable bonds is 4. The van der Waals surface area contributed by atoms with Crippen molar-refractivity contribution < 1.29 is 9.18 Å². The highest BCUT2D eigenvalue weighted by Gasteiger charge is 2.13. The molecule has 0 spiro atoms. The lowest BCUT2D eigenvalue weighted by atomic mass is 10.1. The van der Waals surface area contributed by atoms with Crippen molar-refractivity contribution in [2.45, 2.75) is 19.4 Å². The van der Waals surface area contributed by atoms with Crippen molar-refractivity contribution in [1.29, 1.82) is 0 Å². The standard InChI is InChI=1S/C18H18ClFN2O/c19-14-5-8-16(17(20)11-14)18(23)21-12-13-3-6-15(7-4-13)22-9-1-2-10-22/h3-8,11H,1-2,9-10,12H2,(H,21,23).